The molecule has 6 aliphatic carbocycles. The van der Waals surface area contributed by atoms with E-state index < -0.39 is 0 Å². The minimum Gasteiger partial charge on any atom is -0.372 e. The summed E-state index contributed by atoms with van der Waals surface area (Å²) in [6.07, 6.45) is 14.2. The first-order valence-electron chi connectivity index (χ1n) is 20.3. The van der Waals surface area contributed by atoms with Gasteiger partial charge in [-0.3, -0.25) is 0 Å². The smallest absolute Gasteiger partial charge is 0.372 e. The van der Waals surface area contributed by atoms with Gasteiger partial charge in [0.05, 0.1) is 0 Å². The van der Waals surface area contributed by atoms with Crippen molar-refractivity contribution in [3.63, 3.8) is 0 Å². The molecule has 0 bridgehead atoms. The Morgan fingerprint density at radius 3 is 1.25 bits per heavy atom. The monoisotopic (exact) mass is 876 g/mol. The van der Waals surface area contributed by atoms with Crippen LogP contribution < -0.4 is 0 Å². The summed E-state index contributed by atoms with van der Waals surface area (Å²) in [4.78, 5) is 0. The van der Waals surface area contributed by atoms with Crippen LogP contribution >= 0.6 is 0 Å². The van der Waals surface area contributed by atoms with E-state index in [0.29, 0.717) is 0 Å². The Morgan fingerprint density at radius 2 is 0.768 bits per heavy atom. The molecule has 0 unspecified atom stereocenters. The van der Waals surface area contributed by atoms with Crippen LogP contribution in [0.15, 0.2) is 97.1 Å². The average molecular weight is 877 g/mol. The fourth-order valence-electron chi connectivity index (χ4n) is 9.66. The van der Waals surface area contributed by atoms with Crippen LogP contribution in [0.2, 0.25) is 0 Å². The van der Waals surface area contributed by atoms with Crippen LogP contribution in [0.1, 0.15) is 119 Å². The van der Waals surface area contributed by atoms with Gasteiger partial charge in [-0.1, -0.05) is 73.5 Å². The van der Waals surface area contributed by atoms with Crippen LogP contribution in [0.3, 0.4) is 0 Å². The Morgan fingerprint density at radius 1 is 0.411 bits per heavy atom. The molecule has 2 heteroatoms. The summed E-state index contributed by atoms with van der Waals surface area (Å²) in [5.41, 5.74) is 26.8. The second-order valence-electron chi connectivity index (χ2n) is 16.0. The first-order chi connectivity index (χ1) is 26.6. The molecule has 2 fully saturated rings. The zero-order chi connectivity index (χ0) is 36.8. The van der Waals surface area contributed by atoms with Gasteiger partial charge in [0.1, 0.15) is 0 Å². The van der Waals surface area contributed by atoms with Crippen LogP contribution in [0, 0.1) is 39.8 Å². The van der Waals surface area contributed by atoms with Crippen LogP contribution in [0.25, 0.3) is 44.5 Å². The van der Waals surface area contributed by atoms with Crippen molar-refractivity contribution in [2.24, 2.45) is 0 Å². The molecule has 6 aromatic carbocycles. The number of hydrogen-bond donors (Lipinski definition) is 0. The third kappa shape index (κ3) is 7.72. The first-order valence-corrected chi connectivity index (χ1v) is 20.3. The SMILES string of the molecule is [CH2-]C[CH2-].[CH2-]C[CH2-].[Y+3].[Y+3].[c-]1ccc2c(c1)Cc1c-2ccc2c1Cc1cc(C3CCC3)ccc1-2.[c-]1ccc2c(c1)Cc1cc3c(cc1-2)Cc1cc(C2CCC2)ccc1-3. The molecule has 6 aliphatic rings. The Hall–Kier alpha value is -2.47. The van der Waals surface area contributed by atoms with E-state index in [2.05, 4.69) is 125 Å². The third-order valence-electron chi connectivity index (χ3n) is 12.7. The van der Waals surface area contributed by atoms with E-state index in [-0.39, 0.29) is 65.4 Å². The molecule has 0 nitrogen and oxygen atoms in total. The molecule has 272 valence electrons. The molecule has 0 saturated heterocycles. The molecule has 0 spiro atoms. The van der Waals surface area contributed by atoms with E-state index in [1.807, 2.05) is 12.1 Å². The van der Waals surface area contributed by atoms with Crippen LogP contribution in [-0.4, -0.2) is 0 Å². The second kappa shape index (κ2) is 18.2. The second-order valence-corrected chi connectivity index (χ2v) is 16.0. The minimum absolute atomic E-state index is 0. The van der Waals surface area contributed by atoms with Crippen LogP contribution in [0.4, 0.5) is 0 Å². The molecular weight excluding hydrogens is 826 g/mol. The summed E-state index contributed by atoms with van der Waals surface area (Å²) < 4.78 is 0. The van der Waals surface area contributed by atoms with E-state index in [4.69, 9.17) is 0 Å². The van der Waals surface area contributed by atoms with Gasteiger partial charge in [0.2, 0.25) is 0 Å². The molecule has 0 N–H and O–H groups in total. The van der Waals surface area contributed by atoms with Crippen molar-refractivity contribution in [3.8, 4) is 44.5 Å². The molecule has 0 aliphatic heterocycles. The average Bonchev–Trinajstić information content (AvgIpc) is 3.89. The maximum Gasteiger partial charge on any atom is 3.00 e. The van der Waals surface area contributed by atoms with Crippen molar-refractivity contribution in [1.82, 2.24) is 0 Å². The summed E-state index contributed by atoms with van der Waals surface area (Å²) in [6, 6.07) is 43.5. The topological polar surface area (TPSA) is 0 Å². The minimum atomic E-state index is 0. The number of benzene rings is 6. The van der Waals surface area contributed by atoms with Crippen molar-refractivity contribution in [2.75, 3.05) is 0 Å². The molecule has 0 atom stereocenters. The van der Waals surface area contributed by atoms with Gasteiger partial charge in [0.25, 0.3) is 0 Å². The Balaban J connectivity index is 0.000000146. The predicted molar refractivity (Wildman–Crippen MR) is 227 cm³/mol. The zero-order valence-electron chi connectivity index (χ0n) is 32.9. The maximum atomic E-state index is 3.38. The standard InChI is InChI=1S/2C24H19.2C3H6.2Y/c1-2-7-21-17(4-1)11-19-13-24-20(14-23(19)21)12-18-10-16(8-9-22(18)24)15-5-3-6-15;1-2-7-19-17(4-1)13-23-21(19)10-11-22-20-9-8-16(15-5-3-6-15)12-18(20)14-24(22)23;2*1-3-2;;/h2,4,7-10,13-15H,3,5-6,11-12H2;2,4,7-12,15H,3,5-6,13-14H2;2*1-3H2;;/q2*-1;2*-2;2*+3. The molecule has 0 heterocycles. The normalized spacial score (nSPS) is 15.2. The maximum absolute atomic E-state index is 3.38. The summed E-state index contributed by atoms with van der Waals surface area (Å²) in [5, 5.41) is 0. The number of fused-ring (bicyclic) bond motifs is 13. The van der Waals surface area contributed by atoms with Crippen molar-refractivity contribution in [3.05, 3.63) is 193 Å². The molecule has 6 aromatic rings. The van der Waals surface area contributed by atoms with E-state index >= 15 is 0 Å². The van der Waals surface area contributed by atoms with E-state index in [0.717, 1.165) is 50.4 Å². The summed E-state index contributed by atoms with van der Waals surface area (Å²) >= 11 is 0. The van der Waals surface area contributed by atoms with Gasteiger partial charge in [0, 0.05) is 0 Å². The molecule has 0 amide bonds. The van der Waals surface area contributed by atoms with E-state index in [1.165, 1.54) is 105 Å². The first kappa shape index (κ1) is 41.7. The largest absolute Gasteiger partial charge is 3.00 e. The molecular formula is C54H50Y2. The van der Waals surface area contributed by atoms with Gasteiger partial charge >= 0.3 is 65.4 Å². The van der Waals surface area contributed by atoms with Crippen molar-refractivity contribution >= 4 is 0 Å². The molecule has 12 rings (SSSR count). The van der Waals surface area contributed by atoms with E-state index in [9.17, 15) is 0 Å². The zero-order valence-corrected chi connectivity index (χ0v) is 38.5. The van der Waals surface area contributed by atoms with Gasteiger partial charge in [-0.25, -0.2) is 0 Å². The molecule has 0 aromatic heterocycles. The van der Waals surface area contributed by atoms with Gasteiger partial charge in [0.15, 0.2) is 0 Å². The van der Waals surface area contributed by atoms with Crippen molar-refractivity contribution in [1.29, 1.82) is 0 Å². The fraction of sp³-hybridized carbons (Fsp3) is 0.259. The van der Waals surface area contributed by atoms with Crippen LogP contribution in [0.5, 0.6) is 0 Å². The van der Waals surface area contributed by atoms with E-state index in [1.54, 1.807) is 33.4 Å². The van der Waals surface area contributed by atoms with Gasteiger partial charge in [-0.2, -0.15) is 48.5 Å². The van der Waals surface area contributed by atoms with Gasteiger partial charge in [-0.15, -0.1) is 22.3 Å². The summed E-state index contributed by atoms with van der Waals surface area (Å²) in [5.74, 6) is 1.65. The summed E-state index contributed by atoms with van der Waals surface area (Å²) in [7, 11) is 0. The Kier molecular flexibility index (Phi) is 13.5. The molecule has 2 saturated carbocycles. The van der Waals surface area contributed by atoms with Crippen LogP contribution in [-0.2, 0) is 91.1 Å². The van der Waals surface area contributed by atoms with Gasteiger partial charge in [-0.05, 0) is 141 Å². The fourth-order valence-corrected chi connectivity index (χ4v) is 9.66. The predicted octanol–water partition coefficient (Wildman–Crippen LogP) is 13.9. The van der Waals surface area contributed by atoms with Crippen molar-refractivity contribution < 1.29 is 65.4 Å². The molecule has 56 heavy (non-hydrogen) atoms. The number of rotatable bonds is 2. The van der Waals surface area contributed by atoms with Gasteiger partial charge < -0.3 is 40.5 Å². The Labute approximate surface area is 387 Å². The van der Waals surface area contributed by atoms with Crippen molar-refractivity contribution in [2.45, 2.75) is 88.9 Å². The number of hydrogen-bond acceptors (Lipinski definition) is 0. The Bertz CT molecular complexity index is 2330. The molecule has 0 radical (unpaired) electrons. The summed E-state index contributed by atoms with van der Waals surface area (Å²) in [6.45, 7) is 13.5. The third-order valence-corrected chi connectivity index (χ3v) is 12.7. The quantitative estimate of drug-likeness (QED) is 0.152.